The second kappa shape index (κ2) is 3.96. The zero-order chi connectivity index (χ0) is 12.6. The van der Waals surface area contributed by atoms with Crippen LogP contribution in [0.25, 0.3) is 5.52 Å². The first kappa shape index (κ1) is 11.8. The molecule has 90 valence electrons. The molecule has 0 saturated heterocycles. The van der Waals surface area contributed by atoms with Crippen molar-refractivity contribution in [2.75, 3.05) is 12.3 Å². The number of rotatable bonds is 3. The highest BCUT2D eigenvalue weighted by atomic mass is 16.5. The van der Waals surface area contributed by atoms with Gasteiger partial charge in [-0.2, -0.15) is 5.10 Å². The van der Waals surface area contributed by atoms with Crippen molar-refractivity contribution in [1.82, 2.24) is 9.61 Å². The number of ether oxygens (including phenoxy) is 1. The number of fused-ring (bicyclic) bond motifs is 1. The number of nitrogens with zero attached hydrogens (tertiary/aromatic N) is 2. The molecule has 2 rings (SSSR count). The number of hydrogen-bond acceptors (Lipinski definition) is 4. The summed E-state index contributed by atoms with van der Waals surface area (Å²) < 4.78 is 7.37. The minimum Gasteiger partial charge on any atom is -0.490 e. The van der Waals surface area contributed by atoms with Gasteiger partial charge in [0.25, 0.3) is 0 Å². The molecular formula is C11H17BN4O. The smallest absolute Gasteiger partial charge is 0.142 e. The highest BCUT2D eigenvalue weighted by molar-refractivity contribution is 6.37. The van der Waals surface area contributed by atoms with Gasteiger partial charge in [-0.15, -0.1) is 0 Å². The molecule has 0 spiro atoms. The van der Waals surface area contributed by atoms with E-state index in [2.05, 4.69) is 5.10 Å². The summed E-state index contributed by atoms with van der Waals surface area (Å²) in [6, 6.07) is 1.94. The first-order chi connectivity index (χ1) is 7.87. The van der Waals surface area contributed by atoms with Crippen molar-refractivity contribution in [3.63, 3.8) is 0 Å². The van der Waals surface area contributed by atoms with Gasteiger partial charge in [-0.25, -0.2) is 4.52 Å². The third kappa shape index (κ3) is 2.53. The van der Waals surface area contributed by atoms with Gasteiger partial charge in [0.2, 0.25) is 0 Å². The van der Waals surface area contributed by atoms with Gasteiger partial charge in [0, 0.05) is 5.54 Å². The molecule has 0 atom stereocenters. The molecule has 0 fully saturated rings. The number of hydrogen-bond donors (Lipinski definition) is 2. The largest absolute Gasteiger partial charge is 0.490 e. The number of pyridine rings is 1. The lowest BCUT2D eigenvalue weighted by Crippen LogP contribution is -2.38. The van der Waals surface area contributed by atoms with Gasteiger partial charge in [0.05, 0.1) is 23.6 Å². The summed E-state index contributed by atoms with van der Waals surface area (Å²) in [5, 5.41) is 4.16. The molecule has 0 aliphatic rings. The minimum absolute atomic E-state index is 0.355. The lowest BCUT2D eigenvalue weighted by atomic mass is 9.95. The maximum Gasteiger partial charge on any atom is 0.142 e. The van der Waals surface area contributed by atoms with E-state index in [4.69, 9.17) is 16.2 Å². The van der Waals surface area contributed by atoms with Crippen LogP contribution in [0, 0.1) is 0 Å². The molecule has 0 bridgehead atoms. The summed E-state index contributed by atoms with van der Waals surface area (Å²) in [5.41, 5.74) is 14.0. The second-order valence-electron chi connectivity index (χ2n) is 5.03. The van der Waals surface area contributed by atoms with E-state index in [1.54, 1.807) is 10.7 Å². The Balaban J connectivity index is 2.31. The van der Waals surface area contributed by atoms with Gasteiger partial charge in [-0.05, 0) is 19.9 Å². The van der Waals surface area contributed by atoms with E-state index in [0.717, 1.165) is 16.7 Å². The van der Waals surface area contributed by atoms with Crippen LogP contribution in [-0.4, -0.2) is 29.6 Å². The van der Waals surface area contributed by atoms with Gasteiger partial charge in [-0.1, -0.05) is 5.46 Å². The van der Waals surface area contributed by atoms with Gasteiger partial charge < -0.3 is 16.2 Å². The van der Waals surface area contributed by atoms with Crippen LogP contribution >= 0.6 is 0 Å². The zero-order valence-corrected chi connectivity index (χ0v) is 10.4. The average Bonchev–Trinajstić information content (AvgIpc) is 2.57. The highest BCUT2D eigenvalue weighted by Gasteiger charge is 2.12. The molecule has 6 heteroatoms. The third-order valence-electron chi connectivity index (χ3n) is 2.42. The SMILES string of the molecule is Bc1cc(OCC(C)(C)N)cn2ncc(N)c12. The molecule has 2 heterocycles. The Kier molecular flexibility index (Phi) is 2.75. The first-order valence-electron chi connectivity index (χ1n) is 5.52. The molecule has 0 radical (unpaired) electrons. The fourth-order valence-corrected chi connectivity index (χ4v) is 1.67. The van der Waals surface area contributed by atoms with Crippen molar-refractivity contribution in [1.29, 1.82) is 0 Å². The van der Waals surface area contributed by atoms with Crippen molar-refractivity contribution in [2.45, 2.75) is 19.4 Å². The molecule has 2 aromatic heterocycles. The quantitative estimate of drug-likeness (QED) is 0.685. The summed E-state index contributed by atoms with van der Waals surface area (Å²) >= 11 is 0. The van der Waals surface area contributed by atoms with Gasteiger partial charge in [0.1, 0.15) is 20.2 Å². The van der Waals surface area contributed by atoms with Crippen molar-refractivity contribution in [2.24, 2.45) is 5.73 Å². The first-order valence-corrected chi connectivity index (χ1v) is 5.52. The summed E-state index contributed by atoms with van der Waals surface area (Å²) in [6.07, 6.45) is 3.45. The third-order valence-corrected chi connectivity index (χ3v) is 2.42. The Bertz CT molecular complexity index is 544. The Morgan fingerprint density at radius 3 is 2.88 bits per heavy atom. The lowest BCUT2D eigenvalue weighted by Gasteiger charge is -2.19. The van der Waals surface area contributed by atoms with Crippen LogP contribution in [0.1, 0.15) is 13.8 Å². The van der Waals surface area contributed by atoms with Crippen LogP contribution in [0.5, 0.6) is 5.75 Å². The molecule has 0 aromatic carbocycles. The van der Waals surface area contributed by atoms with Crippen LogP contribution < -0.4 is 21.7 Å². The zero-order valence-electron chi connectivity index (χ0n) is 10.4. The van der Waals surface area contributed by atoms with Crippen molar-refractivity contribution in [3.8, 4) is 5.75 Å². The van der Waals surface area contributed by atoms with E-state index in [1.807, 2.05) is 34.0 Å². The standard InChI is InChI=1S/C11H17BN4O/c1-11(2,14)6-17-7-3-8(12)10-9(13)4-15-16(10)5-7/h3-5H,6,12-14H2,1-2H3. The number of nitrogens with two attached hydrogens (primary N) is 2. The van der Waals surface area contributed by atoms with E-state index >= 15 is 0 Å². The maximum atomic E-state index is 5.87. The molecule has 4 N–H and O–H groups in total. The van der Waals surface area contributed by atoms with Gasteiger partial charge in [-0.3, -0.25) is 0 Å². The molecular weight excluding hydrogens is 215 g/mol. The van der Waals surface area contributed by atoms with Gasteiger partial charge >= 0.3 is 0 Å². The Morgan fingerprint density at radius 2 is 2.24 bits per heavy atom. The summed E-state index contributed by atoms with van der Waals surface area (Å²) in [5.74, 6) is 0.747. The molecule has 0 saturated carbocycles. The number of nitrogen functional groups attached to an aromatic ring is 1. The fourth-order valence-electron chi connectivity index (χ4n) is 1.67. The van der Waals surface area contributed by atoms with Crippen LogP contribution in [0.2, 0.25) is 0 Å². The van der Waals surface area contributed by atoms with E-state index in [0.29, 0.717) is 12.3 Å². The fraction of sp³-hybridized carbons (Fsp3) is 0.364. The molecule has 0 unspecified atom stereocenters. The predicted octanol–water partition coefficient (Wildman–Crippen LogP) is -0.709. The van der Waals surface area contributed by atoms with Crippen molar-refractivity contribution >= 4 is 24.5 Å². The van der Waals surface area contributed by atoms with Crippen molar-refractivity contribution < 1.29 is 4.74 Å². The lowest BCUT2D eigenvalue weighted by molar-refractivity contribution is 0.242. The second-order valence-corrected chi connectivity index (χ2v) is 5.03. The van der Waals surface area contributed by atoms with E-state index in [-0.39, 0.29) is 5.54 Å². The van der Waals surface area contributed by atoms with E-state index < -0.39 is 0 Å². The minimum atomic E-state index is -0.355. The molecule has 17 heavy (non-hydrogen) atoms. The summed E-state index contributed by atoms with van der Waals surface area (Å²) in [6.45, 7) is 4.29. The maximum absolute atomic E-state index is 5.87. The monoisotopic (exact) mass is 232 g/mol. The summed E-state index contributed by atoms with van der Waals surface area (Å²) in [7, 11) is 1.98. The van der Waals surface area contributed by atoms with Crippen LogP contribution in [0.4, 0.5) is 5.69 Å². The van der Waals surface area contributed by atoms with E-state index in [9.17, 15) is 0 Å². The normalized spacial score (nSPS) is 11.9. The van der Waals surface area contributed by atoms with Crippen LogP contribution in [0.15, 0.2) is 18.5 Å². The summed E-state index contributed by atoms with van der Waals surface area (Å²) in [4.78, 5) is 0. The Labute approximate surface area is 101 Å². The van der Waals surface area contributed by atoms with E-state index in [1.165, 1.54) is 0 Å². The molecule has 2 aromatic rings. The van der Waals surface area contributed by atoms with Gasteiger partial charge in [0.15, 0.2) is 0 Å². The van der Waals surface area contributed by atoms with Crippen LogP contribution in [-0.2, 0) is 0 Å². The number of anilines is 1. The number of aromatic nitrogens is 2. The predicted molar refractivity (Wildman–Crippen MR) is 71.5 cm³/mol. The Hall–Kier alpha value is -1.69. The van der Waals surface area contributed by atoms with Crippen LogP contribution in [0.3, 0.4) is 0 Å². The highest BCUT2D eigenvalue weighted by Crippen LogP contribution is 2.16. The Morgan fingerprint density at radius 1 is 1.53 bits per heavy atom. The molecule has 5 nitrogen and oxygen atoms in total. The molecule has 0 amide bonds. The van der Waals surface area contributed by atoms with Crippen molar-refractivity contribution in [3.05, 3.63) is 18.5 Å². The topological polar surface area (TPSA) is 78.6 Å². The molecule has 0 aliphatic carbocycles. The molecule has 0 aliphatic heterocycles. The average molecular weight is 232 g/mol.